The Hall–Kier alpha value is -2.67. The molecule has 1 aromatic carbocycles. The van der Waals surface area contributed by atoms with Crippen LogP contribution < -0.4 is 15.6 Å². The lowest BCUT2D eigenvalue weighted by Crippen LogP contribution is -2.33. The van der Waals surface area contributed by atoms with Crippen LogP contribution in [0, 0.1) is 6.92 Å². The van der Waals surface area contributed by atoms with Crippen molar-refractivity contribution in [3.8, 4) is 5.75 Å². The minimum absolute atomic E-state index is 0.0225. The van der Waals surface area contributed by atoms with E-state index in [9.17, 15) is 9.59 Å². The number of aromatic nitrogens is 2. The largest absolute Gasteiger partial charge is 0.496 e. The molecule has 0 aliphatic heterocycles. The van der Waals surface area contributed by atoms with Gasteiger partial charge in [-0.05, 0) is 37.5 Å². The molecule has 0 unspecified atom stereocenters. The number of fused-ring (bicyclic) bond motifs is 1. The van der Waals surface area contributed by atoms with Crippen LogP contribution in [-0.2, 0) is 17.8 Å². The molecule has 0 radical (unpaired) electrons. The van der Waals surface area contributed by atoms with Crippen molar-refractivity contribution in [3.63, 3.8) is 0 Å². The van der Waals surface area contributed by atoms with E-state index >= 15 is 0 Å². The lowest BCUT2D eigenvalue weighted by Gasteiger charge is -2.09. The second-order valence-corrected chi connectivity index (χ2v) is 7.25. The Morgan fingerprint density at radius 1 is 1.35 bits per heavy atom. The van der Waals surface area contributed by atoms with Gasteiger partial charge < -0.3 is 10.1 Å². The standard InChI is InChI=1S/C19H21N3O3S/c1-13-10-15-18(26-13)21-12-22(19(15)24)11-17(23)20-9-5-7-14-6-3-4-8-16(14)25-2/h3-4,6,8,10,12H,5,7,9,11H2,1-2H3,(H,20,23). The Morgan fingerprint density at radius 3 is 2.96 bits per heavy atom. The molecule has 0 aliphatic rings. The number of carbonyl (C=O) groups excluding carboxylic acids is 1. The zero-order valence-electron chi connectivity index (χ0n) is 14.8. The molecule has 7 heteroatoms. The maximum atomic E-state index is 12.4. The molecule has 0 saturated carbocycles. The molecule has 2 aromatic heterocycles. The van der Waals surface area contributed by atoms with Crippen molar-refractivity contribution in [1.29, 1.82) is 0 Å². The van der Waals surface area contributed by atoms with E-state index in [0.717, 1.165) is 29.0 Å². The maximum Gasteiger partial charge on any atom is 0.262 e. The number of benzene rings is 1. The van der Waals surface area contributed by atoms with E-state index in [4.69, 9.17) is 4.74 Å². The number of hydrogen-bond acceptors (Lipinski definition) is 5. The highest BCUT2D eigenvalue weighted by Gasteiger charge is 2.10. The van der Waals surface area contributed by atoms with Gasteiger partial charge in [-0.15, -0.1) is 11.3 Å². The minimum atomic E-state index is -0.194. The topological polar surface area (TPSA) is 73.2 Å². The highest BCUT2D eigenvalue weighted by molar-refractivity contribution is 7.18. The summed E-state index contributed by atoms with van der Waals surface area (Å²) < 4.78 is 6.67. The van der Waals surface area contributed by atoms with Crippen molar-refractivity contribution < 1.29 is 9.53 Å². The van der Waals surface area contributed by atoms with Gasteiger partial charge in [0.1, 0.15) is 17.1 Å². The summed E-state index contributed by atoms with van der Waals surface area (Å²) >= 11 is 1.48. The van der Waals surface area contributed by atoms with Crippen molar-refractivity contribution in [1.82, 2.24) is 14.9 Å². The van der Waals surface area contributed by atoms with Crippen LogP contribution >= 0.6 is 11.3 Å². The van der Waals surface area contributed by atoms with Crippen molar-refractivity contribution in [2.75, 3.05) is 13.7 Å². The number of carbonyl (C=O) groups is 1. The molecular formula is C19H21N3O3S. The number of aryl methyl sites for hydroxylation is 2. The number of para-hydroxylation sites is 1. The number of nitrogens with zero attached hydrogens (tertiary/aromatic N) is 2. The molecule has 6 nitrogen and oxygen atoms in total. The Balaban J connectivity index is 1.53. The van der Waals surface area contributed by atoms with Gasteiger partial charge in [0.15, 0.2) is 0 Å². The van der Waals surface area contributed by atoms with Crippen LogP contribution in [0.3, 0.4) is 0 Å². The highest BCUT2D eigenvalue weighted by Crippen LogP contribution is 2.19. The third kappa shape index (κ3) is 4.11. The van der Waals surface area contributed by atoms with E-state index in [1.165, 1.54) is 22.2 Å². The van der Waals surface area contributed by atoms with Crippen LogP contribution in [-0.4, -0.2) is 29.1 Å². The van der Waals surface area contributed by atoms with Gasteiger partial charge in [-0.25, -0.2) is 4.98 Å². The summed E-state index contributed by atoms with van der Waals surface area (Å²) in [7, 11) is 1.65. The number of hydrogen-bond donors (Lipinski definition) is 1. The average molecular weight is 371 g/mol. The molecular weight excluding hydrogens is 350 g/mol. The van der Waals surface area contributed by atoms with Crippen molar-refractivity contribution >= 4 is 27.5 Å². The van der Waals surface area contributed by atoms with E-state index < -0.39 is 0 Å². The van der Waals surface area contributed by atoms with Crippen LogP contribution in [0.15, 0.2) is 41.5 Å². The molecule has 0 atom stereocenters. The van der Waals surface area contributed by atoms with Gasteiger partial charge in [-0.2, -0.15) is 0 Å². The van der Waals surface area contributed by atoms with E-state index in [-0.39, 0.29) is 18.0 Å². The molecule has 0 bridgehead atoms. The van der Waals surface area contributed by atoms with Gasteiger partial charge in [0.25, 0.3) is 5.56 Å². The first-order valence-corrected chi connectivity index (χ1v) is 9.24. The molecule has 3 rings (SSSR count). The van der Waals surface area contributed by atoms with Crippen molar-refractivity contribution in [2.24, 2.45) is 0 Å². The smallest absolute Gasteiger partial charge is 0.262 e. The minimum Gasteiger partial charge on any atom is -0.496 e. The number of methoxy groups -OCH3 is 1. The predicted molar refractivity (Wildman–Crippen MR) is 103 cm³/mol. The molecule has 26 heavy (non-hydrogen) atoms. The average Bonchev–Trinajstić information content (AvgIpc) is 3.03. The zero-order chi connectivity index (χ0) is 18.5. The van der Waals surface area contributed by atoms with E-state index in [1.807, 2.05) is 37.3 Å². The van der Waals surface area contributed by atoms with Crippen LogP contribution in [0.25, 0.3) is 10.2 Å². The Bertz CT molecular complexity index is 978. The molecule has 0 fully saturated rings. The number of rotatable bonds is 7. The SMILES string of the molecule is COc1ccccc1CCCNC(=O)Cn1cnc2sc(C)cc2c1=O. The fourth-order valence-corrected chi connectivity index (χ4v) is 3.66. The van der Waals surface area contributed by atoms with Gasteiger partial charge >= 0.3 is 0 Å². The van der Waals surface area contributed by atoms with Crippen LogP contribution in [0.2, 0.25) is 0 Å². The quantitative estimate of drug-likeness (QED) is 0.648. The molecule has 2 heterocycles. The fraction of sp³-hybridized carbons (Fsp3) is 0.316. The van der Waals surface area contributed by atoms with E-state index in [2.05, 4.69) is 10.3 Å². The van der Waals surface area contributed by atoms with E-state index in [0.29, 0.717) is 16.8 Å². The summed E-state index contributed by atoms with van der Waals surface area (Å²) in [5.74, 6) is 0.663. The van der Waals surface area contributed by atoms with Crippen molar-refractivity contribution in [3.05, 3.63) is 57.5 Å². The third-order valence-corrected chi connectivity index (χ3v) is 5.05. The molecule has 0 saturated heterocycles. The highest BCUT2D eigenvalue weighted by atomic mass is 32.1. The summed E-state index contributed by atoms with van der Waals surface area (Å²) in [6.45, 7) is 2.45. The normalized spacial score (nSPS) is 10.8. The molecule has 3 aromatic rings. The van der Waals surface area contributed by atoms with Crippen LogP contribution in [0.1, 0.15) is 16.9 Å². The molecule has 0 spiro atoms. The van der Waals surface area contributed by atoms with Gasteiger partial charge in [0.2, 0.25) is 5.91 Å². The van der Waals surface area contributed by atoms with E-state index in [1.54, 1.807) is 7.11 Å². The first-order chi connectivity index (χ1) is 12.6. The van der Waals surface area contributed by atoms with Gasteiger partial charge in [-0.1, -0.05) is 18.2 Å². The summed E-state index contributed by atoms with van der Waals surface area (Å²) in [6.07, 6.45) is 3.04. The van der Waals surface area contributed by atoms with Gasteiger partial charge in [0, 0.05) is 11.4 Å². The fourth-order valence-electron chi connectivity index (χ4n) is 2.82. The van der Waals surface area contributed by atoms with Gasteiger partial charge in [-0.3, -0.25) is 14.2 Å². The summed E-state index contributed by atoms with van der Waals surface area (Å²) in [4.78, 5) is 30.5. The van der Waals surface area contributed by atoms with Crippen LogP contribution in [0.4, 0.5) is 0 Å². The molecule has 136 valence electrons. The number of amides is 1. The maximum absolute atomic E-state index is 12.4. The number of thiophene rings is 1. The Kier molecular flexibility index (Phi) is 5.68. The Labute approximate surface area is 155 Å². The monoisotopic (exact) mass is 371 g/mol. The summed E-state index contributed by atoms with van der Waals surface area (Å²) in [5.41, 5.74) is 0.937. The van der Waals surface area contributed by atoms with Crippen molar-refractivity contribution in [2.45, 2.75) is 26.3 Å². The second-order valence-electron chi connectivity index (χ2n) is 6.02. The summed E-state index contributed by atoms with van der Waals surface area (Å²) in [6, 6.07) is 9.66. The summed E-state index contributed by atoms with van der Waals surface area (Å²) in [5, 5.41) is 3.42. The lowest BCUT2D eigenvalue weighted by molar-refractivity contribution is -0.121. The molecule has 1 N–H and O–H groups in total. The zero-order valence-corrected chi connectivity index (χ0v) is 15.6. The number of nitrogens with one attached hydrogen (secondary N) is 1. The number of ether oxygens (including phenoxy) is 1. The molecule has 0 aliphatic carbocycles. The Morgan fingerprint density at radius 2 is 2.15 bits per heavy atom. The van der Waals surface area contributed by atoms with Gasteiger partial charge in [0.05, 0.1) is 18.8 Å². The predicted octanol–water partition coefficient (Wildman–Crippen LogP) is 2.52. The third-order valence-electron chi connectivity index (χ3n) is 4.09. The second kappa shape index (κ2) is 8.14. The first-order valence-electron chi connectivity index (χ1n) is 8.42. The van der Waals surface area contributed by atoms with Crippen LogP contribution in [0.5, 0.6) is 5.75 Å². The first kappa shape index (κ1) is 18.1. The lowest BCUT2D eigenvalue weighted by atomic mass is 10.1. The molecule has 1 amide bonds.